The fraction of sp³-hybridized carbons (Fsp3) is 0.545. The maximum absolute atomic E-state index is 12.1. The smallest absolute Gasteiger partial charge is 0.339 e. The van der Waals surface area contributed by atoms with Crippen LogP contribution in [0.5, 0.6) is 0 Å². The van der Waals surface area contributed by atoms with Gasteiger partial charge in [0.25, 0.3) is 5.91 Å². The number of likely N-dealkylation sites (tertiary alicyclic amines) is 1. The van der Waals surface area contributed by atoms with E-state index in [0.717, 1.165) is 25.7 Å². The summed E-state index contributed by atoms with van der Waals surface area (Å²) in [7, 11) is 0. The number of rotatable bonds is 2. The van der Waals surface area contributed by atoms with Gasteiger partial charge < -0.3 is 10.0 Å². The summed E-state index contributed by atoms with van der Waals surface area (Å²) in [6, 6.07) is 0. The number of carbonyl (C=O) groups excluding carboxylic acids is 1. The number of carboxylic acids is 1. The van der Waals surface area contributed by atoms with Crippen LogP contribution in [0.3, 0.4) is 0 Å². The van der Waals surface area contributed by atoms with E-state index < -0.39 is 5.97 Å². The number of carbonyl (C=O) groups is 2. The molecule has 2 heterocycles. The summed E-state index contributed by atoms with van der Waals surface area (Å²) < 4.78 is 0. The van der Waals surface area contributed by atoms with Crippen LogP contribution in [0.15, 0.2) is 6.20 Å². The van der Waals surface area contributed by atoms with E-state index in [0.29, 0.717) is 13.1 Å². The number of aromatic nitrogens is 2. The average Bonchev–Trinajstić information content (AvgIpc) is 2.64. The van der Waals surface area contributed by atoms with Crippen molar-refractivity contribution in [1.82, 2.24) is 15.1 Å². The van der Waals surface area contributed by atoms with Gasteiger partial charge in [-0.05, 0) is 12.8 Å². The van der Waals surface area contributed by atoms with Gasteiger partial charge in [0.2, 0.25) is 0 Å². The number of H-pyrrole nitrogens is 1. The molecule has 2 N–H and O–H groups in total. The Morgan fingerprint density at radius 3 is 2.47 bits per heavy atom. The second kappa shape index (κ2) is 4.99. The Morgan fingerprint density at radius 2 is 1.88 bits per heavy atom. The van der Waals surface area contributed by atoms with Crippen molar-refractivity contribution >= 4 is 11.9 Å². The summed E-state index contributed by atoms with van der Waals surface area (Å²) in [6.45, 7) is 1.38. The molecule has 0 saturated carbocycles. The molecule has 2 rings (SSSR count). The van der Waals surface area contributed by atoms with Crippen LogP contribution in [0, 0.1) is 0 Å². The number of nitrogens with one attached hydrogen (secondary N) is 1. The number of hydrogen-bond acceptors (Lipinski definition) is 3. The predicted molar refractivity (Wildman–Crippen MR) is 59.9 cm³/mol. The van der Waals surface area contributed by atoms with E-state index in [1.165, 1.54) is 6.20 Å². The molecule has 0 atom stereocenters. The Labute approximate surface area is 98.6 Å². The van der Waals surface area contributed by atoms with Gasteiger partial charge in [-0.1, -0.05) is 12.8 Å². The molecular formula is C11H15N3O3. The van der Waals surface area contributed by atoms with E-state index in [4.69, 9.17) is 5.11 Å². The van der Waals surface area contributed by atoms with Crippen LogP contribution in [0.1, 0.15) is 46.5 Å². The minimum Gasteiger partial charge on any atom is -0.478 e. The van der Waals surface area contributed by atoms with Crippen LogP contribution in [0.25, 0.3) is 0 Å². The van der Waals surface area contributed by atoms with Gasteiger partial charge in [0.15, 0.2) is 0 Å². The van der Waals surface area contributed by atoms with Crippen molar-refractivity contribution < 1.29 is 14.7 Å². The number of carboxylic acid groups (broad SMARTS) is 1. The molecule has 92 valence electrons. The third-order valence-electron chi connectivity index (χ3n) is 2.98. The SMILES string of the molecule is O=C(O)c1cn[nH]c1C(=O)N1CCCCCC1. The molecule has 6 nitrogen and oxygen atoms in total. The van der Waals surface area contributed by atoms with Crippen molar-refractivity contribution in [2.75, 3.05) is 13.1 Å². The molecule has 1 aromatic rings. The first-order chi connectivity index (χ1) is 8.20. The van der Waals surface area contributed by atoms with E-state index in [-0.39, 0.29) is 17.2 Å². The highest BCUT2D eigenvalue weighted by Crippen LogP contribution is 2.14. The molecule has 1 amide bonds. The summed E-state index contributed by atoms with van der Waals surface area (Å²) in [5, 5.41) is 15.0. The zero-order valence-corrected chi connectivity index (χ0v) is 9.48. The Kier molecular flexibility index (Phi) is 3.41. The molecule has 0 radical (unpaired) electrons. The van der Waals surface area contributed by atoms with Gasteiger partial charge in [-0.15, -0.1) is 0 Å². The fourth-order valence-electron chi connectivity index (χ4n) is 2.04. The zero-order chi connectivity index (χ0) is 12.3. The van der Waals surface area contributed by atoms with Crippen molar-refractivity contribution in [2.24, 2.45) is 0 Å². The van der Waals surface area contributed by atoms with Crippen LogP contribution in [0.4, 0.5) is 0 Å². The second-order valence-corrected chi connectivity index (χ2v) is 4.17. The van der Waals surface area contributed by atoms with E-state index in [2.05, 4.69) is 10.2 Å². The lowest BCUT2D eigenvalue weighted by atomic mass is 10.2. The summed E-state index contributed by atoms with van der Waals surface area (Å²) in [5.41, 5.74) is 0.0265. The van der Waals surface area contributed by atoms with Crippen LogP contribution in [-0.4, -0.2) is 45.2 Å². The topological polar surface area (TPSA) is 86.3 Å². The summed E-state index contributed by atoms with van der Waals surface area (Å²) in [4.78, 5) is 24.7. The largest absolute Gasteiger partial charge is 0.478 e. The van der Waals surface area contributed by atoms with Gasteiger partial charge >= 0.3 is 5.97 Å². The first kappa shape index (κ1) is 11.6. The number of nitrogens with zero attached hydrogens (tertiary/aromatic N) is 2. The maximum atomic E-state index is 12.1. The monoisotopic (exact) mass is 237 g/mol. The van der Waals surface area contributed by atoms with Gasteiger partial charge in [-0.3, -0.25) is 9.89 Å². The van der Waals surface area contributed by atoms with Crippen LogP contribution in [0.2, 0.25) is 0 Å². The van der Waals surface area contributed by atoms with Gasteiger partial charge in [-0.2, -0.15) is 5.10 Å². The quantitative estimate of drug-likeness (QED) is 0.807. The van der Waals surface area contributed by atoms with Crippen molar-refractivity contribution in [3.8, 4) is 0 Å². The minimum absolute atomic E-state index is 0.0563. The van der Waals surface area contributed by atoms with Crippen molar-refractivity contribution in [3.63, 3.8) is 0 Å². The molecule has 0 bridgehead atoms. The highest BCUT2D eigenvalue weighted by atomic mass is 16.4. The van der Waals surface area contributed by atoms with Crippen molar-refractivity contribution in [3.05, 3.63) is 17.5 Å². The number of amides is 1. The van der Waals surface area contributed by atoms with E-state index in [9.17, 15) is 9.59 Å². The summed E-state index contributed by atoms with van der Waals surface area (Å²) >= 11 is 0. The lowest BCUT2D eigenvalue weighted by molar-refractivity contribution is 0.0675. The molecule has 0 aliphatic carbocycles. The van der Waals surface area contributed by atoms with Crippen LogP contribution < -0.4 is 0 Å². The third kappa shape index (κ3) is 2.46. The number of aromatic carboxylic acids is 1. The van der Waals surface area contributed by atoms with E-state index in [1.807, 2.05) is 0 Å². The van der Waals surface area contributed by atoms with E-state index in [1.54, 1.807) is 4.90 Å². The standard InChI is InChI=1S/C11H15N3O3/c15-10(14-5-3-1-2-4-6-14)9-8(11(16)17)7-12-13-9/h7H,1-6H2,(H,12,13)(H,16,17). The number of aromatic amines is 1. The Bertz CT molecular complexity index is 419. The summed E-state index contributed by atoms with van der Waals surface area (Å²) in [6.07, 6.45) is 5.37. The Balaban J connectivity index is 2.17. The first-order valence-electron chi connectivity index (χ1n) is 5.76. The molecule has 0 unspecified atom stereocenters. The highest BCUT2D eigenvalue weighted by Gasteiger charge is 2.24. The van der Waals surface area contributed by atoms with Gasteiger partial charge in [0.05, 0.1) is 6.20 Å². The molecule has 1 fully saturated rings. The zero-order valence-electron chi connectivity index (χ0n) is 9.48. The Morgan fingerprint density at radius 1 is 1.24 bits per heavy atom. The molecule has 1 saturated heterocycles. The van der Waals surface area contributed by atoms with Gasteiger partial charge in [-0.25, -0.2) is 4.79 Å². The lowest BCUT2D eigenvalue weighted by Crippen LogP contribution is -2.33. The van der Waals surface area contributed by atoms with Gasteiger partial charge in [0.1, 0.15) is 11.3 Å². The van der Waals surface area contributed by atoms with Crippen LogP contribution >= 0.6 is 0 Å². The Hall–Kier alpha value is -1.85. The third-order valence-corrected chi connectivity index (χ3v) is 2.98. The molecule has 1 aliphatic rings. The molecule has 17 heavy (non-hydrogen) atoms. The average molecular weight is 237 g/mol. The van der Waals surface area contributed by atoms with Crippen LogP contribution in [-0.2, 0) is 0 Å². The molecule has 0 aromatic carbocycles. The number of hydrogen-bond donors (Lipinski definition) is 2. The minimum atomic E-state index is -1.13. The summed E-state index contributed by atoms with van der Waals surface area (Å²) in [5.74, 6) is -1.39. The highest BCUT2D eigenvalue weighted by molar-refractivity contribution is 6.03. The fourth-order valence-corrected chi connectivity index (χ4v) is 2.04. The molecule has 1 aromatic heterocycles. The van der Waals surface area contributed by atoms with E-state index >= 15 is 0 Å². The molecule has 6 heteroatoms. The predicted octanol–water partition coefficient (Wildman–Crippen LogP) is 1.12. The molecular weight excluding hydrogens is 222 g/mol. The van der Waals surface area contributed by atoms with Crippen molar-refractivity contribution in [2.45, 2.75) is 25.7 Å². The second-order valence-electron chi connectivity index (χ2n) is 4.17. The van der Waals surface area contributed by atoms with Gasteiger partial charge in [0, 0.05) is 13.1 Å². The van der Waals surface area contributed by atoms with Crippen molar-refractivity contribution in [1.29, 1.82) is 0 Å². The molecule has 0 spiro atoms. The lowest BCUT2D eigenvalue weighted by Gasteiger charge is -2.19. The molecule has 1 aliphatic heterocycles. The first-order valence-corrected chi connectivity index (χ1v) is 5.76. The normalized spacial score (nSPS) is 16.6. The maximum Gasteiger partial charge on any atom is 0.339 e.